The van der Waals surface area contributed by atoms with Crippen molar-refractivity contribution in [3.8, 4) is 6.07 Å². The van der Waals surface area contributed by atoms with Gasteiger partial charge in [0.15, 0.2) is 0 Å². The maximum atomic E-state index is 12.4. The summed E-state index contributed by atoms with van der Waals surface area (Å²) < 4.78 is 0. The average molecular weight is 422 g/mol. The molecule has 0 aliphatic carbocycles. The molecule has 0 spiro atoms. The van der Waals surface area contributed by atoms with Gasteiger partial charge in [-0.05, 0) is 31.5 Å². The second kappa shape index (κ2) is 8.73. The first-order valence-electron chi connectivity index (χ1n) is 9.83. The smallest absolute Gasteiger partial charge is 0.229 e. The summed E-state index contributed by atoms with van der Waals surface area (Å²) in [6.45, 7) is 4.59. The fourth-order valence-corrected chi connectivity index (χ4v) is 4.59. The number of carbonyl (C=O) groups is 1. The fourth-order valence-electron chi connectivity index (χ4n) is 3.60. The molecule has 1 fully saturated rings. The number of aryl methyl sites for hydroxylation is 1. The lowest BCUT2D eigenvalue weighted by molar-refractivity contribution is -0.116. The van der Waals surface area contributed by atoms with Gasteiger partial charge in [0.1, 0.15) is 17.5 Å². The lowest BCUT2D eigenvalue weighted by Gasteiger charge is -2.19. The molecule has 0 unspecified atom stereocenters. The molecule has 3 N–H and O–H groups in total. The SMILES string of the molecule is CCN1/C(=C(\C#N)c2nc(NC(=O)C[C@@H]3CSCN3)ncc2C)Nc2ccccc21. The van der Waals surface area contributed by atoms with Gasteiger partial charge in [0.2, 0.25) is 11.9 Å². The molecule has 1 amide bonds. The minimum Gasteiger partial charge on any atom is -0.339 e. The number of carbonyl (C=O) groups excluding carboxylic acids is 1. The number of rotatable bonds is 5. The molecule has 1 saturated heterocycles. The minimum atomic E-state index is -0.141. The molecule has 154 valence electrons. The van der Waals surface area contributed by atoms with Crippen LogP contribution >= 0.6 is 11.8 Å². The quantitative estimate of drug-likeness (QED) is 0.633. The Balaban J connectivity index is 1.64. The predicted octanol–water partition coefficient (Wildman–Crippen LogP) is 2.92. The molecule has 0 saturated carbocycles. The highest BCUT2D eigenvalue weighted by Crippen LogP contribution is 2.38. The monoisotopic (exact) mass is 421 g/mol. The van der Waals surface area contributed by atoms with Crippen molar-refractivity contribution in [3.05, 3.63) is 47.5 Å². The summed E-state index contributed by atoms with van der Waals surface area (Å²) in [5.74, 6) is 2.53. The van der Waals surface area contributed by atoms with E-state index in [1.807, 2.05) is 38.1 Å². The lowest BCUT2D eigenvalue weighted by atomic mass is 10.1. The number of allylic oxidation sites excluding steroid dienone is 1. The first-order valence-corrected chi connectivity index (χ1v) is 11.0. The van der Waals surface area contributed by atoms with Gasteiger partial charge in [-0.2, -0.15) is 5.26 Å². The number of benzene rings is 1. The zero-order valence-corrected chi connectivity index (χ0v) is 17.7. The number of anilines is 3. The molecule has 1 atom stereocenters. The van der Waals surface area contributed by atoms with Crippen LogP contribution in [0.2, 0.25) is 0 Å². The summed E-state index contributed by atoms with van der Waals surface area (Å²) in [6, 6.07) is 10.4. The molecule has 2 aliphatic heterocycles. The first-order chi connectivity index (χ1) is 14.6. The van der Waals surface area contributed by atoms with Crippen LogP contribution in [0.15, 0.2) is 36.3 Å². The normalized spacial score (nSPS) is 19.1. The summed E-state index contributed by atoms with van der Waals surface area (Å²) >= 11 is 1.78. The molecule has 1 aromatic carbocycles. The second-order valence-electron chi connectivity index (χ2n) is 7.12. The van der Waals surface area contributed by atoms with Gasteiger partial charge >= 0.3 is 0 Å². The Morgan fingerprint density at radius 3 is 3.00 bits per heavy atom. The van der Waals surface area contributed by atoms with Crippen LogP contribution < -0.4 is 20.9 Å². The van der Waals surface area contributed by atoms with Crippen molar-refractivity contribution in [2.75, 3.05) is 33.7 Å². The van der Waals surface area contributed by atoms with Crippen LogP contribution in [0.5, 0.6) is 0 Å². The highest BCUT2D eigenvalue weighted by Gasteiger charge is 2.27. The standard InChI is InChI=1S/C21H23N7OS/c1-3-28-17-7-5-4-6-16(17)25-20(28)15(9-22)19-13(2)10-23-21(27-19)26-18(29)8-14-11-30-12-24-14/h4-7,10,14,24-25H,3,8,11-12H2,1-2H3,(H,23,26,27,29)/b20-15+/t14-/m1/s1. The zero-order chi connectivity index (χ0) is 21.1. The predicted molar refractivity (Wildman–Crippen MR) is 120 cm³/mol. The molecule has 3 heterocycles. The molecule has 0 bridgehead atoms. The van der Waals surface area contributed by atoms with Crippen LogP contribution in [0.4, 0.5) is 17.3 Å². The number of nitrogens with one attached hydrogen (secondary N) is 3. The van der Waals surface area contributed by atoms with E-state index in [-0.39, 0.29) is 17.9 Å². The van der Waals surface area contributed by atoms with Crippen LogP contribution in [-0.2, 0) is 4.79 Å². The Kier molecular flexibility index (Phi) is 5.88. The maximum Gasteiger partial charge on any atom is 0.229 e. The molecular formula is C21H23N7OS. The maximum absolute atomic E-state index is 12.4. The number of hydrogen-bond acceptors (Lipinski definition) is 8. The largest absolute Gasteiger partial charge is 0.339 e. The van der Waals surface area contributed by atoms with Crippen molar-refractivity contribution >= 4 is 40.6 Å². The van der Waals surface area contributed by atoms with E-state index in [0.29, 0.717) is 30.1 Å². The first kappa shape index (κ1) is 20.2. The van der Waals surface area contributed by atoms with E-state index >= 15 is 0 Å². The second-order valence-corrected chi connectivity index (χ2v) is 8.15. The number of nitrogens with zero attached hydrogens (tertiary/aromatic N) is 4. The number of fused-ring (bicyclic) bond motifs is 1. The summed E-state index contributed by atoms with van der Waals surface area (Å²) in [4.78, 5) is 23.2. The molecule has 0 radical (unpaired) electrons. The van der Waals surface area contributed by atoms with Crippen molar-refractivity contribution in [1.29, 1.82) is 5.26 Å². The summed E-state index contributed by atoms with van der Waals surface area (Å²) in [5.41, 5.74) is 3.65. The number of para-hydroxylation sites is 2. The van der Waals surface area contributed by atoms with Gasteiger partial charge in [0.05, 0.1) is 17.1 Å². The van der Waals surface area contributed by atoms with Crippen LogP contribution in [0.25, 0.3) is 5.57 Å². The number of aromatic nitrogens is 2. The molecule has 30 heavy (non-hydrogen) atoms. The summed E-state index contributed by atoms with van der Waals surface area (Å²) in [5, 5.41) is 19.4. The van der Waals surface area contributed by atoms with E-state index in [1.165, 1.54) is 0 Å². The van der Waals surface area contributed by atoms with Gasteiger partial charge < -0.3 is 15.5 Å². The van der Waals surface area contributed by atoms with Gasteiger partial charge in [-0.1, -0.05) is 12.1 Å². The highest BCUT2D eigenvalue weighted by molar-refractivity contribution is 7.99. The Hall–Kier alpha value is -3.09. The number of thioether (sulfide) groups is 1. The Bertz CT molecular complexity index is 1040. The fraction of sp³-hybridized carbons (Fsp3) is 0.333. The number of amides is 1. The topological polar surface area (TPSA) is 106 Å². The van der Waals surface area contributed by atoms with Crippen LogP contribution in [0, 0.1) is 18.3 Å². The van der Waals surface area contributed by atoms with Gasteiger partial charge in [-0.25, -0.2) is 9.97 Å². The zero-order valence-electron chi connectivity index (χ0n) is 16.9. The van der Waals surface area contributed by atoms with Crippen LogP contribution in [-0.4, -0.2) is 40.1 Å². The van der Waals surface area contributed by atoms with Gasteiger partial charge in [0.25, 0.3) is 0 Å². The van der Waals surface area contributed by atoms with E-state index in [0.717, 1.165) is 28.6 Å². The molecule has 1 aromatic heterocycles. The summed E-state index contributed by atoms with van der Waals surface area (Å²) in [7, 11) is 0. The van der Waals surface area contributed by atoms with Crippen molar-refractivity contribution in [2.24, 2.45) is 0 Å². The van der Waals surface area contributed by atoms with E-state index in [1.54, 1.807) is 18.0 Å². The molecule has 4 rings (SSSR count). The van der Waals surface area contributed by atoms with Crippen LogP contribution in [0.3, 0.4) is 0 Å². The van der Waals surface area contributed by atoms with Crippen molar-refractivity contribution in [3.63, 3.8) is 0 Å². The van der Waals surface area contributed by atoms with Gasteiger partial charge in [-0.3, -0.25) is 10.1 Å². The van der Waals surface area contributed by atoms with Crippen molar-refractivity contribution in [1.82, 2.24) is 15.3 Å². The summed E-state index contributed by atoms with van der Waals surface area (Å²) in [6.07, 6.45) is 2.00. The third-order valence-corrected chi connectivity index (χ3v) is 6.08. The van der Waals surface area contributed by atoms with Gasteiger partial charge in [-0.15, -0.1) is 11.8 Å². The lowest BCUT2D eigenvalue weighted by Crippen LogP contribution is -2.29. The third kappa shape index (κ3) is 3.97. The molecular weight excluding hydrogens is 398 g/mol. The molecule has 8 nitrogen and oxygen atoms in total. The number of nitriles is 1. The Morgan fingerprint density at radius 1 is 1.43 bits per heavy atom. The van der Waals surface area contributed by atoms with Crippen molar-refractivity contribution < 1.29 is 4.79 Å². The minimum absolute atomic E-state index is 0.141. The molecule has 2 aliphatic rings. The van der Waals surface area contributed by atoms with Crippen molar-refractivity contribution in [2.45, 2.75) is 26.3 Å². The van der Waals surface area contributed by atoms with E-state index < -0.39 is 0 Å². The van der Waals surface area contributed by atoms with E-state index in [9.17, 15) is 10.1 Å². The third-order valence-electron chi connectivity index (χ3n) is 5.07. The van der Waals surface area contributed by atoms with E-state index in [2.05, 4.69) is 36.9 Å². The molecule has 9 heteroatoms. The Morgan fingerprint density at radius 2 is 2.27 bits per heavy atom. The van der Waals surface area contributed by atoms with Gasteiger partial charge in [0, 0.05) is 36.8 Å². The molecule has 2 aromatic rings. The van der Waals surface area contributed by atoms with E-state index in [4.69, 9.17) is 0 Å². The average Bonchev–Trinajstić information content (AvgIpc) is 3.38. The van der Waals surface area contributed by atoms with Crippen LogP contribution in [0.1, 0.15) is 24.6 Å². The Labute approximate surface area is 179 Å². The highest BCUT2D eigenvalue weighted by atomic mass is 32.2. The number of hydrogen-bond donors (Lipinski definition) is 3.